The highest BCUT2D eigenvalue weighted by molar-refractivity contribution is 8.04. The van der Waals surface area contributed by atoms with Crippen molar-refractivity contribution in [2.24, 2.45) is 0 Å². The van der Waals surface area contributed by atoms with E-state index < -0.39 is 0 Å². The van der Waals surface area contributed by atoms with Gasteiger partial charge in [-0.2, -0.15) is 0 Å². The second kappa shape index (κ2) is 9.39. The summed E-state index contributed by atoms with van der Waals surface area (Å²) in [5, 5.41) is 3.20. The minimum absolute atomic E-state index is 0.0150. The molecule has 5 rings (SSSR count). The number of carbonyl (C=O) groups is 2. The van der Waals surface area contributed by atoms with Crippen molar-refractivity contribution in [1.82, 2.24) is 5.32 Å². The number of hydrogen-bond donors (Lipinski definition) is 1. The van der Waals surface area contributed by atoms with Crippen LogP contribution in [0.2, 0.25) is 0 Å². The summed E-state index contributed by atoms with van der Waals surface area (Å²) in [6.07, 6.45) is 4.93. The molecular formula is C28H26N2O3S. The van der Waals surface area contributed by atoms with Gasteiger partial charge in [0.05, 0.1) is 23.7 Å². The molecule has 0 radical (unpaired) electrons. The molecule has 0 saturated carbocycles. The number of nitrogens with one attached hydrogen (secondary N) is 1. The molecule has 1 heterocycles. The van der Waals surface area contributed by atoms with Gasteiger partial charge in [-0.1, -0.05) is 48.2 Å². The van der Waals surface area contributed by atoms with Gasteiger partial charge in [0, 0.05) is 17.5 Å². The number of likely N-dealkylation sites (N-methyl/N-ethyl adjacent to an activating group) is 1. The van der Waals surface area contributed by atoms with E-state index in [-0.39, 0.29) is 17.9 Å². The Labute approximate surface area is 203 Å². The van der Waals surface area contributed by atoms with E-state index in [0.717, 1.165) is 41.2 Å². The van der Waals surface area contributed by atoms with Crippen LogP contribution < -0.4 is 15.0 Å². The fraction of sp³-hybridized carbons (Fsp3) is 0.214. The maximum absolute atomic E-state index is 13.1. The summed E-state index contributed by atoms with van der Waals surface area (Å²) in [5.41, 5.74) is 4.75. The van der Waals surface area contributed by atoms with Crippen molar-refractivity contribution in [2.75, 3.05) is 19.1 Å². The van der Waals surface area contributed by atoms with E-state index in [0.29, 0.717) is 10.5 Å². The summed E-state index contributed by atoms with van der Waals surface area (Å²) in [6, 6.07) is 21.5. The van der Waals surface area contributed by atoms with Gasteiger partial charge in [0.2, 0.25) is 0 Å². The maximum atomic E-state index is 13.1. The highest BCUT2D eigenvalue weighted by Gasteiger charge is 2.28. The van der Waals surface area contributed by atoms with Crippen LogP contribution in [0.5, 0.6) is 5.75 Å². The monoisotopic (exact) mass is 470 g/mol. The summed E-state index contributed by atoms with van der Waals surface area (Å²) >= 11 is 1.43. The van der Waals surface area contributed by atoms with Crippen LogP contribution in [-0.4, -0.2) is 26.0 Å². The van der Waals surface area contributed by atoms with Crippen LogP contribution in [0.15, 0.2) is 76.5 Å². The molecule has 0 bridgehead atoms. The van der Waals surface area contributed by atoms with Crippen LogP contribution in [-0.2, 0) is 11.2 Å². The first kappa shape index (κ1) is 22.3. The zero-order chi connectivity index (χ0) is 23.7. The van der Waals surface area contributed by atoms with E-state index in [1.807, 2.05) is 60.7 Å². The summed E-state index contributed by atoms with van der Waals surface area (Å²) in [5.74, 6) is 0.566. The van der Waals surface area contributed by atoms with Gasteiger partial charge < -0.3 is 15.0 Å². The minimum Gasteiger partial charge on any atom is -0.497 e. The number of rotatable bonds is 4. The smallest absolute Gasteiger partial charge is 0.264 e. The molecule has 3 aromatic carbocycles. The lowest BCUT2D eigenvalue weighted by Gasteiger charge is -2.28. The summed E-state index contributed by atoms with van der Waals surface area (Å²) < 4.78 is 5.21. The number of carbonyl (C=O) groups excluding carboxylic acids is 2. The maximum Gasteiger partial charge on any atom is 0.264 e. The van der Waals surface area contributed by atoms with Crippen molar-refractivity contribution in [3.05, 3.63) is 93.9 Å². The van der Waals surface area contributed by atoms with Crippen LogP contribution in [0.3, 0.4) is 0 Å². The number of thioether (sulfide) groups is 1. The molecular weight excluding hydrogens is 444 g/mol. The van der Waals surface area contributed by atoms with E-state index in [1.54, 1.807) is 19.1 Å². The number of amides is 2. The van der Waals surface area contributed by atoms with Crippen LogP contribution in [0.1, 0.15) is 45.9 Å². The first-order chi connectivity index (χ1) is 16.5. The molecule has 1 atom stereocenters. The van der Waals surface area contributed by atoms with Crippen molar-refractivity contribution < 1.29 is 14.3 Å². The van der Waals surface area contributed by atoms with Crippen molar-refractivity contribution in [3.63, 3.8) is 0 Å². The average molecular weight is 471 g/mol. The summed E-state index contributed by atoms with van der Waals surface area (Å²) in [6.45, 7) is 0. The van der Waals surface area contributed by atoms with Crippen LogP contribution in [0.25, 0.3) is 6.08 Å². The number of benzene rings is 3. The van der Waals surface area contributed by atoms with Gasteiger partial charge in [-0.05, 0) is 72.4 Å². The second-order valence-electron chi connectivity index (χ2n) is 8.55. The third kappa shape index (κ3) is 4.33. The minimum atomic E-state index is -0.116. The molecule has 5 nitrogen and oxygen atoms in total. The topological polar surface area (TPSA) is 58.6 Å². The first-order valence-corrected chi connectivity index (χ1v) is 12.2. The molecule has 0 saturated heterocycles. The Kier molecular flexibility index (Phi) is 6.16. The van der Waals surface area contributed by atoms with Crippen molar-refractivity contribution >= 4 is 35.3 Å². The van der Waals surface area contributed by atoms with Crippen LogP contribution in [0, 0.1) is 0 Å². The summed E-state index contributed by atoms with van der Waals surface area (Å²) in [4.78, 5) is 29.4. The largest absolute Gasteiger partial charge is 0.497 e. The van der Waals surface area contributed by atoms with Gasteiger partial charge in [-0.15, -0.1) is 0 Å². The molecule has 1 aliphatic carbocycles. The Bertz CT molecular complexity index is 1280. The highest BCUT2D eigenvalue weighted by Crippen LogP contribution is 2.42. The zero-order valence-corrected chi connectivity index (χ0v) is 20.0. The molecule has 1 aliphatic heterocycles. The molecule has 1 N–H and O–H groups in total. The molecule has 2 amide bonds. The molecule has 3 aromatic rings. The number of hydrogen-bond acceptors (Lipinski definition) is 4. The lowest BCUT2D eigenvalue weighted by Crippen LogP contribution is -2.32. The van der Waals surface area contributed by atoms with Crippen molar-refractivity contribution in [2.45, 2.75) is 30.2 Å². The number of nitrogens with zero attached hydrogens (tertiary/aromatic N) is 1. The molecule has 0 aromatic heterocycles. The Balaban J connectivity index is 1.36. The number of anilines is 1. The highest BCUT2D eigenvalue weighted by atomic mass is 32.2. The molecule has 172 valence electrons. The Hall–Kier alpha value is -3.51. The van der Waals surface area contributed by atoms with Crippen LogP contribution in [0.4, 0.5) is 5.69 Å². The van der Waals surface area contributed by atoms with E-state index in [4.69, 9.17) is 4.74 Å². The predicted molar refractivity (Wildman–Crippen MR) is 136 cm³/mol. The van der Waals surface area contributed by atoms with Crippen LogP contribution >= 0.6 is 11.8 Å². The van der Waals surface area contributed by atoms with E-state index in [2.05, 4.69) is 17.4 Å². The molecule has 2 aliphatic rings. The molecule has 0 fully saturated rings. The lowest BCUT2D eigenvalue weighted by molar-refractivity contribution is -0.114. The fourth-order valence-corrected chi connectivity index (χ4v) is 5.62. The number of ether oxygens (including phenoxy) is 1. The molecule has 6 heteroatoms. The van der Waals surface area contributed by atoms with Crippen molar-refractivity contribution in [3.8, 4) is 5.75 Å². The zero-order valence-electron chi connectivity index (χ0n) is 19.2. The SMILES string of the molecule is COc1ccc(/C=C2\Sc3ccc(C(=O)NC4CCCc5ccccc54)cc3N(C)C2=O)cc1. The average Bonchev–Trinajstić information content (AvgIpc) is 2.87. The van der Waals surface area contributed by atoms with Gasteiger partial charge >= 0.3 is 0 Å². The third-order valence-corrected chi connectivity index (χ3v) is 7.48. The van der Waals surface area contributed by atoms with Gasteiger partial charge in [0.15, 0.2) is 0 Å². The lowest BCUT2D eigenvalue weighted by atomic mass is 9.87. The molecule has 34 heavy (non-hydrogen) atoms. The van der Waals surface area contributed by atoms with E-state index in [1.165, 1.54) is 22.9 Å². The standard InChI is InChI=1S/C28H26N2O3S/c1-30-24-17-20(27(31)29-23-9-5-7-19-6-3-4-8-22(19)23)12-15-25(24)34-26(28(30)32)16-18-10-13-21(33-2)14-11-18/h3-4,6,8,10-17,23H,5,7,9H2,1-2H3,(H,29,31)/b26-16-. The summed E-state index contributed by atoms with van der Waals surface area (Å²) in [7, 11) is 3.38. The van der Waals surface area contributed by atoms with Gasteiger partial charge in [-0.3, -0.25) is 9.59 Å². The first-order valence-electron chi connectivity index (χ1n) is 11.4. The van der Waals surface area contributed by atoms with Gasteiger partial charge in [0.1, 0.15) is 5.75 Å². The quantitative estimate of drug-likeness (QED) is 0.504. The van der Waals surface area contributed by atoms with E-state index >= 15 is 0 Å². The molecule has 0 spiro atoms. The number of aryl methyl sites for hydroxylation is 1. The van der Waals surface area contributed by atoms with E-state index in [9.17, 15) is 9.59 Å². The fourth-order valence-electron chi connectivity index (χ4n) is 4.53. The Morgan fingerprint density at radius 2 is 1.91 bits per heavy atom. The predicted octanol–water partition coefficient (Wildman–Crippen LogP) is 5.61. The van der Waals surface area contributed by atoms with Crippen molar-refractivity contribution in [1.29, 1.82) is 0 Å². The normalized spacial score (nSPS) is 18.3. The van der Waals surface area contributed by atoms with Gasteiger partial charge in [-0.25, -0.2) is 0 Å². The Morgan fingerprint density at radius 1 is 1.12 bits per heavy atom. The Morgan fingerprint density at radius 3 is 2.71 bits per heavy atom. The molecule has 1 unspecified atom stereocenters. The number of fused-ring (bicyclic) bond motifs is 2. The van der Waals surface area contributed by atoms with Gasteiger partial charge in [0.25, 0.3) is 11.8 Å². The number of methoxy groups -OCH3 is 1. The second-order valence-corrected chi connectivity index (χ2v) is 9.63. The third-order valence-electron chi connectivity index (χ3n) is 6.41.